The molecule has 0 aromatic carbocycles. The second-order valence-electron chi connectivity index (χ2n) is 7.21. The van der Waals surface area contributed by atoms with E-state index in [9.17, 15) is 9.59 Å². The standard InChI is InChI=1S/C21H20N6O2/c1-14-10-20(28)26-12-15(2-4-18(26)23-14)17-11-21(29)27-13-16(3-5-19(27)24-17)25-8-6-22-7-9-25/h2-5,10-13,22H,6-9H2,1H3. The fraction of sp³-hybridized carbons (Fsp3) is 0.238. The lowest BCUT2D eigenvalue weighted by Crippen LogP contribution is -2.43. The number of fused-ring (bicyclic) bond motifs is 2. The van der Waals surface area contributed by atoms with E-state index in [2.05, 4.69) is 20.2 Å². The second kappa shape index (κ2) is 6.82. The maximum absolute atomic E-state index is 12.8. The van der Waals surface area contributed by atoms with Crippen LogP contribution in [-0.4, -0.2) is 44.9 Å². The van der Waals surface area contributed by atoms with Crippen LogP contribution in [0.3, 0.4) is 0 Å². The highest BCUT2D eigenvalue weighted by molar-refractivity contribution is 5.63. The van der Waals surface area contributed by atoms with Crippen molar-refractivity contribution in [3.63, 3.8) is 0 Å². The summed E-state index contributed by atoms with van der Waals surface area (Å²) in [6, 6.07) is 10.4. The number of pyridine rings is 2. The van der Waals surface area contributed by atoms with Gasteiger partial charge in [-0.05, 0) is 31.2 Å². The van der Waals surface area contributed by atoms with Crippen molar-refractivity contribution in [2.75, 3.05) is 31.1 Å². The van der Waals surface area contributed by atoms with Gasteiger partial charge >= 0.3 is 0 Å². The minimum atomic E-state index is -0.160. The van der Waals surface area contributed by atoms with Gasteiger partial charge in [-0.3, -0.25) is 18.4 Å². The third-order valence-electron chi connectivity index (χ3n) is 5.21. The van der Waals surface area contributed by atoms with E-state index in [0.717, 1.165) is 31.9 Å². The minimum Gasteiger partial charge on any atom is -0.368 e. The summed E-state index contributed by atoms with van der Waals surface area (Å²) >= 11 is 0. The van der Waals surface area contributed by atoms with Crippen LogP contribution in [0, 0.1) is 6.92 Å². The molecule has 1 aliphatic heterocycles. The van der Waals surface area contributed by atoms with Crippen LogP contribution in [0.1, 0.15) is 5.69 Å². The lowest BCUT2D eigenvalue weighted by molar-refractivity contribution is 0.588. The number of anilines is 1. The SMILES string of the molecule is Cc1cc(=O)n2cc(-c3cc(=O)n4cc(N5CCNCC5)ccc4n3)ccc2n1. The summed E-state index contributed by atoms with van der Waals surface area (Å²) in [5.74, 6) is 0. The Kier molecular flexibility index (Phi) is 4.13. The van der Waals surface area contributed by atoms with Crippen molar-refractivity contribution in [3.05, 3.63) is 75.2 Å². The van der Waals surface area contributed by atoms with E-state index in [4.69, 9.17) is 0 Å². The molecule has 5 rings (SSSR count). The highest BCUT2D eigenvalue weighted by Gasteiger charge is 2.13. The van der Waals surface area contributed by atoms with Crippen molar-refractivity contribution in [1.82, 2.24) is 24.1 Å². The molecule has 1 N–H and O–H groups in total. The van der Waals surface area contributed by atoms with E-state index in [-0.39, 0.29) is 11.1 Å². The Morgan fingerprint density at radius 3 is 2.38 bits per heavy atom. The Morgan fingerprint density at radius 1 is 0.862 bits per heavy atom. The first-order valence-electron chi connectivity index (χ1n) is 9.58. The van der Waals surface area contributed by atoms with E-state index in [1.54, 1.807) is 23.6 Å². The van der Waals surface area contributed by atoms with Gasteiger partial charge in [0, 0.05) is 62.0 Å². The maximum atomic E-state index is 12.8. The third kappa shape index (κ3) is 3.17. The number of nitrogens with one attached hydrogen (secondary N) is 1. The summed E-state index contributed by atoms with van der Waals surface area (Å²) in [4.78, 5) is 36.3. The van der Waals surface area contributed by atoms with Gasteiger partial charge in [0.25, 0.3) is 11.1 Å². The number of aryl methyl sites for hydroxylation is 1. The first-order valence-corrected chi connectivity index (χ1v) is 9.58. The molecule has 1 saturated heterocycles. The third-order valence-corrected chi connectivity index (χ3v) is 5.21. The van der Waals surface area contributed by atoms with Crippen molar-refractivity contribution < 1.29 is 0 Å². The van der Waals surface area contributed by atoms with Crippen LogP contribution in [0.4, 0.5) is 5.69 Å². The van der Waals surface area contributed by atoms with Gasteiger partial charge in [0.1, 0.15) is 11.3 Å². The highest BCUT2D eigenvalue weighted by Crippen LogP contribution is 2.19. The molecule has 0 spiro atoms. The Balaban J connectivity index is 1.60. The molecule has 8 nitrogen and oxygen atoms in total. The molecule has 29 heavy (non-hydrogen) atoms. The van der Waals surface area contributed by atoms with Gasteiger partial charge in [-0.2, -0.15) is 0 Å². The zero-order valence-corrected chi connectivity index (χ0v) is 16.0. The zero-order chi connectivity index (χ0) is 20.0. The van der Waals surface area contributed by atoms with E-state index in [1.807, 2.05) is 24.4 Å². The molecular weight excluding hydrogens is 368 g/mol. The first kappa shape index (κ1) is 17.6. The topological polar surface area (TPSA) is 84.0 Å². The predicted octanol–water partition coefficient (Wildman–Crippen LogP) is 1.09. The smallest absolute Gasteiger partial charge is 0.258 e. The Labute approximate surface area is 166 Å². The van der Waals surface area contributed by atoms with E-state index < -0.39 is 0 Å². The molecule has 0 amide bonds. The largest absolute Gasteiger partial charge is 0.368 e. The lowest BCUT2D eigenvalue weighted by Gasteiger charge is -2.29. The molecule has 1 aliphatic rings. The quantitative estimate of drug-likeness (QED) is 0.553. The van der Waals surface area contributed by atoms with Crippen LogP contribution < -0.4 is 21.3 Å². The van der Waals surface area contributed by atoms with Gasteiger partial charge in [0.15, 0.2) is 0 Å². The van der Waals surface area contributed by atoms with Crippen molar-refractivity contribution in [2.24, 2.45) is 0 Å². The fourth-order valence-electron chi connectivity index (χ4n) is 3.72. The van der Waals surface area contributed by atoms with E-state index >= 15 is 0 Å². The van der Waals surface area contributed by atoms with E-state index in [0.29, 0.717) is 28.2 Å². The summed E-state index contributed by atoms with van der Waals surface area (Å²) in [6.45, 7) is 5.46. The molecule has 8 heteroatoms. The molecule has 4 aromatic heterocycles. The minimum absolute atomic E-state index is 0.156. The monoisotopic (exact) mass is 388 g/mol. The van der Waals surface area contributed by atoms with Crippen LogP contribution in [-0.2, 0) is 0 Å². The van der Waals surface area contributed by atoms with Crippen molar-refractivity contribution >= 4 is 17.0 Å². The average Bonchev–Trinajstić information content (AvgIpc) is 2.74. The van der Waals surface area contributed by atoms with Crippen molar-refractivity contribution in [2.45, 2.75) is 6.92 Å². The van der Waals surface area contributed by atoms with Crippen molar-refractivity contribution in [3.8, 4) is 11.3 Å². The number of aromatic nitrogens is 4. The summed E-state index contributed by atoms with van der Waals surface area (Å²) < 4.78 is 3.04. The highest BCUT2D eigenvalue weighted by atomic mass is 16.1. The van der Waals surface area contributed by atoms with Gasteiger partial charge in [-0.1, -0.05) is 0 Å². The summed E-state index contributed by atoms with van der Waals surface area (Å²) in [5.41, 5.74) is 3.72. The molecule has 4 aromatic rings. The molecule has 0 saturated carbocycles. The van der Waals surface area contributed by atoms with Gasteiger partial charge in [-0.25, -0.2) is 9.97 Å². The Hall–Kier alpha value is -3.52. The second-order valence-corrected chi connectivity index (χ2v) is 7.21. The normalized spacial score (nSPS) is 14.6. The average molecular weight is 388 g/mol. The number of piperazine rings is 1. The molecule has 0 aliphatic carbocycles. The summed E-state index contributed by atoms with van der Waals surface area (Å²) in [5, 5.41) is 3.33. The molecule has 0 bridgehead atoms. The van der Waals surface area contributed by atoms with E-state index in [1.165, 1.54) is 16.5 Å². The zero-order valence-electron chi connectivity index (χ0n) is 16.0. The van der Waals surface area contributed by atoms with Gasteiger partial charge < -0.3 is 10.2 Å². The molecular formula is C21H20N6O2. The molecule has 146 valence electrons. The predicted molar refractivity (Wildman–Crippen MR) is 112 cm³/mol. The maximum Gasteiger partial charge on any atom is 0.258 e. The summed E-state index contributed by atoms with van der Waals surface area (Å²) in [6.07, 6.45) is 3.52. The van der Waals surface area contributed by atoms with Gasteiger partial charge in [-0.15, -0.1) is 0 Å². The van der Waals surface area contributed by atoms with Crippen LogP contribution in [0.15, 0.2) is 58.4 Å². The number of hydrogen-bond acceptors (Lipinski definition) is 6. The number of nitrogens with zero attached hydrogens (tertiary/aromatic N) is 5. The molecule has 0 atom stereocenters. The van der Waals surface area contributed by atoms with Gasteiger partial charge in [0.2, 0.25) is 0 Å². The van der Waals surface area contributed by atoms with Crippen LogP contribution in [0.5, 0.6) is 0 Å². The van der Waals surface area contributed by atoms with Gasteiger partial charge in [0.05, 0.1) is 11.4 Å². The number of rotatable bonds is 2. The van der Waals surface area contributed by atoms with Crippen molar-refractivity contribution in [1.29, 1.82) is 0 Å². The molecule has 5 heterocycles. The van der Waals surface area contributed by atoms with Crippen LogP contribution in [0.2, 0.25) is 0 Å². The number of hydrogen-bond donors (Lipinski definition) is 1. The first-order chi connectivity index (χ1) is 14.1. The molecule has 0 unspecified atom stereocenters. The summed E-state index contributed by atoms with van der Waals surface area (Å²) in [7, 11) is 0. The van der Waals surface area contributed by atoms with Crippen LogP contribution in [0.25, 0.3) is 22.6 Å². The molecule has 1 fully saturated rings. The fourth-order valence-corrected chi connectivity index (χ4v) is 3.72. The van der Waals surface area contributed by atoms with Crippen LogP contribution >= 0.6 is 0 Å². The lowest BCUT2D eigenvalue weighted by atomic mass is 10.2. The Morgan fingerprint density at radius 2 is 1.55 bits per heavy atom. The Bertz CT molecular complexity index is 1350. The molecule has 0 radical (unpaired) electrons.